The molecule has 7 aromatic rings. The first-order valence-electron chi connectivity index (χ1n) is 17.9. The number of hydrogen-bond acceptors (Lipinski definition) is 0. The Hall–Kier alpha value is -5.03. The molecule has 0 amide bonds. The molecule has 2 aliphatic carbocycles. The van der Waals surface area contributed by atoms with Crippen LogP contribution in [0.3, 0.4) is 0 Å². The van der Waals surface area contributed by atoms with Crippen LogP contribution in [0.5, 0.6) is 0 Å². The average Bonchev–Trinajstić information content (AvgIpc) is 3.18. The van der Waals surface area contributed by atoms with Gasteiger partial charge in [-0.3, -0.25) is 0 Å². The molecule has 0 spiro atoms. The summed E-state index contributed by atoms with van der Waals surface area (Å²) >= 11 is 0. The van der Waals surface area contributed by atoms with Crippen molar-refractivity contribution in [2.45, 2.75) is 38.3 Å². The van der Waals surface area contributed by atoms with Crippen LogP contribution < -0.4 is 15.9 Å². The van der Waals surface area contributed by atoms with Gasteiger partial charge in [-0.05, 0) is 6.42 Å². The summed E-state index contributed by atoms with van der Waals surface area (Å²) in [5.74, 6) is 0. The molecule has 0 radical (unpaired) electrons. The Balaban J connectivity index is 1.30. The van der Waals surface area contributed by atoms with Crippen molar-refractivity contribution in [3.63, 3.8) is 0 Å². The van der Waals surface area contributed by atoms with Crippen molar-refractivity contribution >= 4 is 50.3 Å². The van der Waals surface area contributed by atoms with Crippen molar-refractivity contribution in [3.8, 4) is 11.1 Å². The van der Waals surface area contributed by atoms with Crippen molar-refractivity contribution in [1.29, 1.82) is 0 Å². The first-order valence-corrected chi connectivity index (χ1v) is 19.9. The fourth-order valence-electron chi connectivity index (χ4n) is 9.19. The zero-order valence-electron chi connectivity index (χ0n) is 28.1. The summed E-state index contributed by atoms with van der Waals surface area (Å²) in [4.78, 5) is 0. The molecule has 0 aromatic heterocycles. The predicted molar refractivity (Wildman–Crippen MR) is 215 cm³/mol. The molecule has 0 saturated heterocycles. The van der Waals surface area contributed by atoms with E-state index >= 15 is 0 Å². The van der Waals surface area contributed by atoms with Gasteiger partial charge in [0.05, 0.1) is 0 Å². The number of fused-ring (bicyclic) bond motifs is 5. The van der Waals surface area contributed by atoms with Crippen LogP contribution in [-0.2, 0) is 6.42 Å². The van der Waals surface area contributed by atoms with Crippen molar-refractivity contribution < 1.29 is 0 Å². The van der Waals surface area contributed by atoms with Gasteiger partial charge in [0.15, 0.2) is 0 Å². The van der Waals surface area contributed by atoms with E-state index in [1.165, 1.54) is 90.1 Å². The molecule has 2 aliphatic rings. The minimum absolute atomic E-state index is 0.225. The van der Waals surface area contributed by atoms with E-state index in [9.17, 15) is 0 Å². The molecule has 9 rings (SSSR count). The van der Waals surface area contributed by atoms with E-state index in [1.54, 1.807) is 5.57 Å². The van der Waals surface area contributed by atoms with Crippen LogP contribution in [0.4, 0.5) is 0 Å². The van der Waals surface area contributed by atoms with Gasteiger partial charge in [0.25, 0.3) is 0 Å². The van der Waals surface area contributed by atoms with Crippen LogP contribution in [0.15, 0.2) is 175 Å². The third kappa shape index (κ3) is 4.93. The van der Waals surface area contributed by atoms with Crippen LogP contribution >= 0.6 is 7.26 Å². The normalized spacial score (nSPS) is 15.2. The standard InChI is InChI=1S/C48H41P/c1-34(49(39-17-5-2-6-18-39,40-19-7-3-8-20-40)41-21-9-4-10-22-41)48-44-24-14-12-16-36(44)25-30-45(48)38-27-29-43-37(33-38)28-32-46-42-23-13-11-15-35(42)26-31-47(43)46/h2-10,12-14,16-25,27-30,32-34,49H,11,15,26,31H2,1H3. The zero-order chi connectivity index (χ0) is 32.8. The van der Waals surface area contributed by atoms with Crippen LogP contribution in [0.2, 0.25) is 0 Å². The molecular formula is C48H41P. The molecule has 0 nitrogen and oxygen atoms in total. The molecule has 1 unspecified atom stereocenters. The molecule has 0 fully saturated rings. The average molecular weight is 649 g/mol. The SMILES string of the molecule is CC(c1c(-c2ccc3c4c(ccc3c2)C2=C(CCC=C2)CC4)ccc2ccccc12)[PH](c1ccccc1)(c1ccccc1)c1ccccc1. The Morgan fingerprint density at radius 2 is 1.12 bits per heavy atom. The van der Waals surface area contributed by atoms with E-state index in [2.05, 4.69) is 177 Å². The van der Waals surface area contributed by atoms with Gasteiger partial charge in [0, 0.05) is 0 Å². The Bertz CT molecular complexity index is 2290. The maximum absolute atomic E-state index is 2.65. The van der Waals surface area contributed by atoms with Crippen molar-refractivity contribution in [2.75, 3.05) is 0 Å². The Morgan fingerprint density at radius 3 is 1.82 bits per heavy atom. The second-order valence-electron chi connectivity index (χ2n) is 13.9. The topological polar surface area (TPSA) is 0 Å². The van der Waals surface area contributed by atoms with Crippen LogP contribution in [0, 0.1) is 0 Å². The summed E-state index contributed by atoms with van der Waals surface area (Å²) in [6.07, 6.45) is 9.45. The van der Waals surface area contributed by atoms with Gasteiger partial charge in [-0.1, -0.05) is 0 Å². The number of allylic oxidation sites excluding steroid dienone is 4. The van der Waals surface area contributed by atoms with Gasteiger partial charge in [0.1, 0.15) is 0 Å². The van der Waals surface area contributed by atoms with Crippen molar-refractivity contribution in [1.82, 2.24) is 0 Å². The van der Waals surface area contributed by atoms with E-state index in [0.29, 0.717) is 0 Å². The summed E-state index contributed by atoms with van der Waals surface area (Å²) in [6, 6.07) is 59.9. The van der Waals surface area contributed by atoms with E-state index in [1.807, 2.05) is 0 Å². The minimum atomic E-state index is -2.65. The van der Waals surface area contributed by atoms with E-state index < -0.39 is 7.26 Å². The molecule has 238 valence electrons. The number of rotatable bonds is 6. The van der Waals surface area contributed by atoms with Gasteiger partial charge in [-0.15, -0.1) is 0 Å². The summed E-state index contributed by atoms with van der Waals surface area (Å²) in [5.41, 5.74) is 10.4. The molecule has 0 heterocycles. The number of aryl methyl sites for hydroxylation is 1. The van der Waals surface area contributed by atoms with Gasteiger partial charge >= 0.3 is 285 Å². The molecule has 49 heavy (non-hydrogen) atoms. The molecule has 1 atom stereocenters. The number of hydrogen-bond donors (Lipinski definition) is 0. The second kappa shape index (κ2) is 12.5. The summed E-state index contributed by atoms with van der Waals surface area (Å²) in [7, 11) is -2.65. The molecule has 7 aromatic carbocycles. The molecule has 0 saturated carbocycles. The summed E-state index contributed by atoms with van der Waals surface area (Å²) in [5, 5.41) is 9.71. The van der Waals surface area contributed by atoms with E-state index in [-0.39, 0.29) is 5.66 Å². The fraction of sp³-hybridized carbons (Fsp3) is 0.125. The van der Waals surface area contributed by atoms with Gasteiger partial charge < -0.3 is 0 Å². The van der Waals surface area contributed by atoms with Gasteiger partial charge in [-0.25, -0.2) is 0 Å². The van der Waals surface area contributed by atoms with Gasteiger partial charge in [0.2, 0.25) is 0 Å². The van der Waals surface area contributed by atoms with Crippen LogP contribution in [-0.4, -0.2) is 0 Å². The van der Waals surface area contributed by atoms with E-state index in [0.717, 1.165) is 6.42 Å². The van der Waals surface area contributed by atoms with Crippen molar-refractivity contribution in [3.05, 3.63) is 192 Å². The van der Waals surface area contributed by atoms with E-state index in [4.69, 9.17) is 0 Å². The molecule has 0 aliphatic heterocycles. The predicted octanol–water partition coefficient (Wildman–Crippen LogP) is 11.5. The fourth-order valence-corrected chi connectivity index (χ4v) is 14.6. The molecular weight excluding hydrogens is 608 g/mol. The number of benzene rings is 7. The van der Waals surface area contributed by atoms with Crippen LogP contribution in [0.1, 0.15) is 48.5 Å². The molecule has 0 bridgehead atoms. The quantitative estimate of drug-likeness (QED) is 0.157. The molecule has 1 heteroatoms. The monoisotopic (exact) mass is 648 g/mol. The Labute approximate surface area is 290 Å². The maximum atomic E-state index is 2.52. The van der Waals surface area contributed by atoms with Crippen LogP contribution in [0.25, 0.3) is 38.2 Å². The first kappa shape index (κ1) is 30.1. The third-order valence-corrected chi connectivity index (χ3v) is 16.7. The zero-order valence-corrected chi connectivity index (χ0v) is 29.1. The first-order chi connectivity index (χ1) is 24.2. The Kier molecular flexibility index (Phi) is 7.64. The second-order valence-corrected chi connectivity index (χ2v) is 18.1. The summed E-state index contributed by atoms with van der Waals surface area (Å²) in [6.45, 7) is 2.52. The van der Waals surface area contributed by atoms with Gasteiger partial charge in [-0.2, -0.15) is 0 Å². The Morgan fingerprint density at radius 1 is 0.510 bits per heavy atom. The third-order valence-electron chi connectivity index (χ3n) is 11.4. The summed E-state index contributed by atoms with van der Waals surface area (Å²) < 4.78 is 0. The molecule has 0 N–H and O–H groups in total. The van der Waals surface area contributed by atoms with Crippen molar-refractivity contribution in [2.24, 2.45) is 0 Å².